The molecule has 0 aliphatic heterocycles. The fourth-order valence-corrected chi connectivity index (χ4v) is 1.57. The molecule has 0 aliphatic carbocycles. The van der Waals surface area contributed by atoms with Crippen molar-refractivity contribution in [1.29, 1.82) is 0 Å². The van der Waals surface area contributed by atoms with Crippen LogP contribution in [0.2, 0.25) is 0 Å². The largest absolute Gasteiger partial charge is 0.508 e. The lowest BCUT2D eigenvalue weighted by molar-refractivity contribution is -0.143. The topological polar surface area (TPSA) is 124 Å². The second-order valence-electron chi connectivity index (χ2n) is 4.23. The molecule has 1 aromatic rings. The summed E-state index contributed by atoms with van der Waals surface area (Å²) in [5.74, 6) is -2.85. The smallest absolute Gasteiger partial charge is 0.326 e. The van der Waals surface area contributed by atoms with E-state index in [2.05, 4.69) is 5.32 Å². The highest BCUT2D eigenvalue weighted by Gasteiger charge is 2.20. The van der Waals surface area contributed by atoms with Crippen LogP contribution in [0.4, 0.5) is 0 Å². The molecule has 0 radical (unpaired) electrons. The number of aromatic hydroxyl groups is 1. The fourth-order valence-electron chi connectivity index (χ4n) is 1.57. The molecule has 108 valence electrons. The van der Waals surface area contributed by atoms with Crippen LogP contribution < -0.4 is 5.32 Å². The molecule has 1 rings (SSSR count). The minimum Gasteiger partial charge on any atom is -0.508 e. The van der Waals surface area contributed by atoms with Crippen LogP contribution in [0.5, 0.6) is 5.75 Å². The lowest BCUT2D eigenvalue weighted by atomic mass is 10.1. The van der Waals surface area contributed by atoms with Crippen LogP contribution in [0.15, 0.2) is 24.3 Å². The molecule has 0 aliphatic rings. The number of nitrogens with one attached hydrogen (secondary N) is 1. The van der Waals surface area contributed by atoms with Gasteiger partial charge in [-0.1, -0.05) is 12.1 Å². The van der Waals surface area contributed by atoms with E-state index in [0.717, 1.165) is 0 Å². The molecule has 0 bridgehead atoms. The Morgan fingerprint density at radius 2 is 1.70 bits per heavy atom. The van der Waals surface area contributed by atoms with E-state index >= 15 is 0 Å². The van der Waals surface area contributed by atoms with Crippen LogP contribution in [0.1, 0.15) is 18.4 Å². The maximum absolute atomic E-state index is 11.7. The van der Waals surface area contributed by atoms with Crippen molar-refractivity contribution in [2.75, 3.05) is 0 Å². The first kappa shape index (κ1) is 15.5. The monoisotopic (exact) mass is 281 g/mol. The van der Waals surface area contributed by atoms with Crippen LogP contribution in [0.3, 0.4) is 0 Å². The molecular weight excluding hydrogens is 266 g/mol. The van der Waals surface area contributed by atoms with E-state index in [0.29, 0.717) is 5.56 Å². The third-order valence-electron chi connectivity index (χ3n) is 2.58. The Morgan fingerprint density at radius 3 is 2.20 bits per heavy atom. The molecule has 1 unspecified atom stereocenters. The summed E-state index contributed by atoms with van der Waals surface area (Å²) in [5, 5.41) is 28.8. The van der Waals surface area contributed by atoms with Gasteiger partial charge in [0.15, 0.2) is 0 Å². The third-order valence-corrected chi connectivity index (χ3v) is 2.58. The van der Waals surface area contributed by atoms with Gasteiger partial charge in [0.25, 0.3) is 0 Å². The number of carbonyl (C=O) groups is 3. The van der Waals surface area contributed by atoms with Gasteiger partial charge < -0.3 is 20.6 Å². The number of benzene rings is 1. The first-order chi connectivity index (χ1) is 9.38. The van der Waals surface area contributed by atoms with Crippen molar-refractivity contribution in [2.24, 2.45) is 0 Å². The van der Waals surface area contributed by atoms with Gasteiger partial charge in [-0.2, -0.15) is 0 Å². The van der Waals surface area contributed by atoms with Gasteiger partial charge in [-0.25, -0.2) is 4.79 Å². The van der Waals surface area contributed by atoms with Gasteiger partial charge in [-0.3, -0.25) is 9.59 Å². The molecule has 0 aromatic heterocycles. The Morgan fingerprint density at radius 1 is 1.10 bits per heavy atom. The summed E-state index contributed by atoms with van der Waals surface area (Å²) < 4.78 is 0. The van der Waals surface area contributed by atoms with E-state index in [9.17, 15) is 14.4 Å². The lowest BCUT2D eigenvalue weighted by Crippen LogP contribution is -2.41. The molecule has 0 heterocycles. The van der Waals surface area contributed by atoms with E-state index in [1.54, 1.807) is 12.1 Å². The minimum absolute atomic E-state index is 0.0445. The molecular formula is C13H15NO6. The third kappa shape index (κ3) is 5.38. The molecule has 4 N–H and O–H groups in total. The number of hydrogen-bond donors (Lipinski definition) is 4. The summed E-state index contributed by atoms with van der Waals surface area (Å²) in [7, 11) is 0. The molecule has 7 nitrogen and oxygen atoms in total. The van der Waals surface area contributed by atoms with Gasteiger partial charge in [-0.15, -0.1) is 0 Å². The van der Waals surface area contributed by atoms with Crippen LogP contribution in [0, 0.1) is 0 Å². The number of phenols is 1. The normalized spacial score (nSPS) is 11.6. The van der Waals surface area contributed by atoms with E-state index in [1.807, 2.05) is 0 Å². The second-order valence-corrected chi connectivity index (χ2v) is 4.23. The molecule has 0 spiro atoms. The molecule has 0 fully saturated rings. The van der Waals surface area contributed by atoms with E-state index in [1.165, 1.54) is 12.1 Å². The summed E-state index contributed by atoms with van der Waals surface area (Å²) >= 11 is 0. The average molecular weight is 281 g/mol. The zero-order valence-corrected chi connectivity index (χ0v) is 10.6. The minimum atomic E-state index is -1.27. The Bertz CT molecular complexity index is 496. The van der Waals surface area contributed by atoms with Gasteiger partial charge in [0.05, 0.1) is 6.42 Å². The molecule has 1 amide bonds. The molecule has 0 saturated heterocycles. The zero-order chi connectivity index (χ0) is 15.1. The Balaban J connectivity index is 2.55. The number of rotatable bonds is 7. The number of phenolic OH excluding ortho intramolecular Hbond substituents is 1. The van der Waals surface area contributed by atoms with Gasteiger partial charge >= 0.3 is 11.9 Å². The van der Waals surface area contributed by atoms with Crippen molar-refractivity contribution >= 4 is 17.8 Å². The maximum Gasteiger partial charge on any atom is 0.326 e. The van der Waals surface area contributed by atoms with Crippen molar-refractivity contribution in [3.63, 3.8) is 0 Å². The fraction of sp³-hybridized carbons (Fsp3) is 0.308. The molecule has 1 atom stereocenters. The Kier molecular flexibility index (Phi) is 5.52. The van der Waals surface area contributed by atoms with E-state index in [-0.39, 0.29) is 25.0 Å². The van der Waals surface area contributed by atoms with E-state index < -0.39 is 23.9 Å². The molecule has 0 saturated carbocycles. The summed E-state index contributed by atoms with van der Waals surface area (Å²) in [5.41, 5.74) is 0.614. The van der Waals surface area contributed by atoms with Crippen molar-refractivity contribution in [3.8, 4) is 5.75 Å². The number of carboxylic acid groups (broad SMARTS) is 2. The summed E-state index contributed by atoms with van der Waals surface area (Å²) in [4.78, 5) is 33.0. The van der Waals surface area contributed by atoms with Crippen LogP contribution >= 0.6 is 0 Å². The predicted molar refractivity (Wildman–Crippen MR) is 68.2 cm³/mol. The van der Waals surface area contributed by atoms with Gasteiger partial charge in [-0.05, 0) is 24.1 Å². The van der Waals surface area contributed by atoms with Gasteiger partial charge in [0, 0.05) is 6.42 Å². The maximum atomic E-state index is 11.7. The highest BCUT2D eigenvalue weighted by molar-refractivity contribution is 5.85. The Labute approximate surface area is 114 Å². The predicted octanol–water partition coefficient (Wildman–Crippen LogP) is 0.369. The first-order valence-electron chi connectivity index (χ1n) is 5.90. The number of carbonyl (C=O) groups excluding carboxylic acids is 1. The van der Waals surface area contributed by atoms with Gasteiger partial charge in [0.1, 0.15) is 11.8 Å². The van der Waals surface area contributed by atoms with Crippen molar-refractivity contribution in [1.82, 2.24) is 5.32 Å². The molecule has 20 heavy (non-hydrogen) atoms. The number of carboxylic acids is 2. The SMILES string of the molecule is O=C(O)CCC(NC(=O)Cc1ccc(O)cc1)C(=O)O. The zero-order valence-electron chi connectivity index (χ0n) is 10.6. The van der Waals surface area contributed by atoms with Gasteiger partial charge in [0.2, 0.25) is 5.91 Å². The van der Waals surface area contributed by atoms with Crippen LogP contribution in [-0.2, 0) is 20.8 Å². The summed E-state index contributed by atoms with van der Waals surface area (Å²) in [6.45, 7) is 0. The van der Waals surface area contributed by atoms with Crippen LogP contribution in [-0.4, -0.2) is 39.2 Å². The summed E-state index contributed by atoms with van der Waals surface area (Å²) in [6.07, 6.45) is -0.556. The number of amides is 1. The quantitative estimate of drug-likeness (QED) is 0.572. The highest BCUT2D eigenvalue weighted by Crippen LogP contribution is 2.10. The number of hydrogen-bond acceptors (Lipinski definition) is 4. The average Bonchev–Trinajstić information content (AvgIpc) is 2.36. The first-order valence-corrected chi connectivity index (χ1v) is 5.90. The van der Waals surface area contributed by atoms with Crippen LogP contribution in [0.25, 0.3) is 0 Å². The summed E-state index contributed by atoms with van der Waals surface area (Å²) in [6, 6.07) is 4.70. The van der Waals surface area contributed by atoms with Crippen molar-refractivity contribution in [3.05, 3.63) is 29.8 Å². The standard InChI is InChI=1S/C13H15NO6/c15-9-3-1-8(2-4-9)7-11(16)14-10(13(19)20)5-6-12(17)18/h1-4,10,15H,5-7H2,(H,14,16)(H,17,18)(H,19,20). The highest BCUT2D eigenvalue weighted by atomic mass is 16.4. The molecule has 1 aromatic carbocycles. The molecule has 7 heteroatoms. The number of aliphatic carboxylic acids is 2. The second kappa shape index (κ2) is 7.13. The van der Waals surface area contributed by atoms with E-state index in [4.69, 9.17) is 15.3 Å². The van der Waals surface area contributed by atoms with Crippen molar-refractivity contribution < 1.29 is 29.7 Å². The van der Waals surface area contributed by atoms with Crippen molar-refractivity contribution in [2.45, 2.75) is 25.3 Å². The Hall–Kier alpha value is -2.57. The lowest BCUT2D eigenvalue weighted by Gasteiger charge is -2.13.